The first kappa shape index (κ1) is 22.5. The van der Waals surface area contributed by atoms with Crippen LogP contribution < -0.4 is 21.5 Å². The van der Waals surface area contributed by atoms with E-state index >= 15 is 0 Å². The number of anilines is 3. The smallest absolute Gasteiger partial charge is 0.293 e. The molecule has 4 rings (SSSR count). The van der Waals surface area contributed by atoms with E-state index in [0.29, 0.717) is 30.0 Å². The van der Waals surface area contributed by atoms with E-state index in [-0.39, 0.29) is 24.1 Å². The minimum Gasteiger partial charge on any atom is -0.394 e. The van der Waals surface area contributed by atoms with E-state index in [1.165, 1.54) is 4.57 Å². The topological polar surface area (TPSA) is 123 Å². The third-order valence-corrected chi connectivity index (χ3v) is 5.78. The van der Waals surface area contributed by atoms with Gasteiger partial charge in [0.05, 0.1) is 25.0 Å². The molecule has 1 aliphatic rings. The number of carbonyl (C=O) groups is 1. The number of ether oxygens (including phenoxy) is 1. The number of aryl methyl sites for hydroxylation is 1. The number of aromatic nitrogens is 2. The highest BCUT2D eigenvalue weighted by molar-refractivity contribution is 5.96. The molecule has 0 spiro atoms. The second-order valence-corrected chi connectivity index (χ2v) is 8.03. The Morgan fingerprint density at radius 1 is 1.27 bits per heavy atom. The molecule has 9 nitrogen and oxygen atoms in total. The molecule has 1 amide bonds. The third-order valence-electron chi connectivity index (χ3n) is 5.78. The number of amides is 1. The van der Waals surface area contributed by atoms with Crippen LogP contribution in [-0.4, -0.2) is 53.0 Å². The lowest BCUT2D eigenvalue weighted by atomic mass is 10.00. The number of aliphatic hydroxyl groups is 1. The predicted octanol–water partition coefficient (Wildman–Crippen LogP) is 1.80. The number of aliphatic hydroxyl groups excluding tert-OH is 1. The highest BCUT2D eigenvalue weighted by atomic mass is 16.5. The zero-order chi connectivity index (χ0) is 23.5. The number of hydrogen-bond acceptors (Lipinski definition) is 7. The maximum Gasteiger partial charge on any atom is 0.293 e. The highest BCUT2D eigenvalue weighted by Crippen LogP contribution is 2.26. The fourth-order valence-electron chi connectivity index (χ4n) is 3.95. The number of morpholine rings is 1. The summed E-state index contributed by atoms with van der Waals surface area (Å²) in [6, 6.07) is 12.9. The Morgan fingerprint density at radius 2 is 2.03 bits per heavy atom. The second-order valence-electron chi connectivity index (χ2n) is 8.03. The molecule has 0 bridgehead atoms. The van der Waals surface area contributed by atoms with Crippen molar-refractivity contribution in [3.63, 3.8) is 0 Å². The molecule has 172 valence electrons. The van der Waals surface area contributed by atoms with E-state index in [1.54, 1.807) is 32.3 Å². The second kappa shape index (κ2) is 9.43. The van der Waals surface area contributed by atoms with Crippen LogP contribution in [0.2, 0.25) is 0 Å². The molecule has 33 heavy (non-hydrogen) atoms. The van der Waals surface area contributed by atoms with Crippen LogP contribution in [0.25, 0.3) is 11.3 Å². The number of nitrogens with zero attached hydrogens (tertiary/aromatic N) is 3. The predicted molar refractivity (Wildman–Crippen MR) is 127 cm³/mol. The molecule has 4 N–H and O–H groups in total. The van der Waals surface area contributed by atoms with Gasteiger partial charge in [-0.1, -0.05) is 12.1 Å². The van der Waals surface area contributed by atoms with Crippen molar-refractivity contribution in [2.24, 2.45) is 12.8 Å². The summed E-state index contributed by atoms with van der Waals surface area (Å²) >= 11 is 0. The summed E-state index contributed by atoms with van der Waals surface area (Å²) in [5.41, 5.74) is 9.34. The van der Waals surface area contributed by atoms with Crippen molar-refractivity contribution in [2.75, 3.05) is 36.5 Å². The molecule has 0 radical (unpaired) electrons. The lowest BCUT2D eigenvalue weighted by molar-refractivity contribution is 0.00357. The van der Waals surface area contributed by atoms with Gasteiger partial charge in [-0.05, 0) is 42.8 Å². The van der Waals surface area contributed by atoms with E-state index in [4.69, 9.17) is 10.5 Å². The average Bonchev–Trinajstić information content (AvgIpc) is 2.82. The number of rotatable bonds is 6. The van der Waals surface area contributed by atoms with Gasteiger partial charge in [-0.25, -0.2) is 4.98 Å². The number of nitrogens with one attached hydrogen (secondary N) is 1. The number of benzene rings is 2. The molecular weight excluding hydrogens is 422 g/mol. The summed E-state index contributed by atoms with van der Waals surface area (Å²) in [5.74, 6) is -0.332. The van der Waals surface area contributed by atoms with Crippen LogP contribution in [0.1, 0.15) is 15.9 Å². The SMILES string of the molecule is Cc1c(C(N)=O)cccc1-c1cn(C)c(=O)c(Nc2ccc(N3CCOC(CO)C3)cc2)n1. The summed E-state index contributed by atoms with van der Waals surface area (Å²) in [6.45, 7) is 3.73. The molecule has 2 heterocycles. The van der Waals surface area contributed by atoms with E-state index in [1.807, 2.05) is 30.3 Å². The molecule has 1 unspecified atom stereocenters. The normalized spacial score (nSPS) is 16.0. The fourth-order valence-corrected chi connectivity index (χ4v) is 3.95. The van der Waals surface area contributed by atoms with Crippen LogP contribution in [0.3, 0.4) is 0 Å². The monoisotopic (exact) mass is 449 g/mol. The molecule has 1 atom stereocenters. The Morgan fingerprint density at radius 3 is 2.73 bits per heavy atom. The first-order chi connectivity index (χ1) is 15.9. The first-order valence-corrected chi connectivity index (χ1v) is 10.7. The molecule has 2 aromatic carbocycles. The molecule has 0 saturated carbocycles. The van der Waals surface area contributed by atoms with Gasteiger partial charge in [-0.3, -0.25) is 9.59 Å². The van der Waals surface area contributed by atoms with Crippen LogP contribution in [0.15, 0.2) is 53.5 Å². The van der Waals surface area contributed by atoms with Gasteiger partial charge in [0.1, 0.15) is 0 Å². The van der Waals surface area contributed by atoms with Crippen molar-refractivity contribution in [1.29, 1.82) is 0 Å². The molecule has 1 fully saturated rings. The summed E-state index contributed by atoms with van der Waals surface area (Å²) in [5, 5.41) is 12.5. The molecule has 1 aromatic heterocycles. The maximum atomic E-state index is 12.7. The van der Waals surface area contributed by atoms with E-state index in [9.17, 15) is 14.7 Å². The summed E-state index contributed by atoms with van der Waals surface area (Å²) in [7, 11) is 1.66. The maximum absolute atomic E-state index is 12.7. The fraction of sp³-hybridized carbons (Fsp3) is 0.292. The van der Waals surface area contributed by atoms with Gasteiger partial charge < -0.3 is 30.4 Å². The quantitative estimate of drug-likeness (QED) is 0.524. The van der Waals surface area contributed by atoms with Gasteiger partial charge in [0.15, 0.2) is 5.82 Å². The molecule has 0 aliphatic carbocycles. The van der Waals surface area contributed by atoms with Gasteiger partial charge in [-0.2, -0.15) is 0 Å². The third kappa shape index (κ3) is 4.74. The van der Waals surface area contributed by atoms with Gasteiger partial charge >= 0.3 is 0 Å². The Kier molecular flexibility index (Phi) is 6.43. The van der Waals surface area contributed by atoms with E-state index < -0.39 is 5.91 Å². The summed E-state index contributed by atoms with van der Waals surface area (Å²) < 4.78 is 6.96. The standard InChI is InChI=1S/C24H27N5O4/c1-15-19(4-3-5-20(15)22(25)31)21-13-28(2)24(32)23(27-21)26-16-6-8-17(9-7-16)29-10-11-33-18(12-29)14-30/h3-9,13,18,30H,10-12,14H2,1-2H3,(H2,25,31)(H,26,27). The number of carbonyl (C=O) groups excluding carboxylic acids is 1. The van der Waals surface area contributed by atoms with Gasteiger partial charge in [0, 0.05) is 48.8 Å². The minimum absolute atomic E-state index is 0.0106. The molecule has 1 aliphatic heterocycles. The number of hydrogen-bond donors (Lipinski definition) is 3. The van der Waals surface area contributed by atoms with Crippen LogP contribution in [0.5, 0.6) is 0 Å². The van der Waals surface area contributed by atoms with Gasteiger partial charge in [0.2, 0.25) is 5.91 Å². The minimum atomic E-state index is -0.511. The van der Waals surface area contributed by atoms with E-state index in [0.717, 1.165) is 23.5 Å². The average molecular weight is 450 g/mol. The van der Waals surface area contributed by atoms with Crippen molar-refractivity contribution in [3.05, 3.63) is 70.1 Å². The van der Waals surface area contributed by atoms with E-state index in [2.05, 4.69) is 15.2 Å². The lowest BCUT2D eigenvalue weighted by Crippen LogP contribution is -2.44. The number of nitrogens with two attached hydrogens (primary N) is 1. The van der Waals surface area contributed by atoms with Crippen molar-refractivity contribution in [2.45, 2.75) is 13.0 Å². The zero-order valence-corrected chi connectivity index (χ0v) is 18.6. The highest BCUT2D eigenvalue weighted by Gasteiger charge is 2.20. The summed E-state index contributed by atoms with van der Waals surface area (Å²) in [6.07, 6.45) is 1.45. The largest absolute Gasteiger partial charge is 0.394 e. The van der Waals surface area contributed by atoms with Crippen LogP contribution in [0, 0.1) is 6.92 Å². The summed E-state index contributed by atoms with van der Waals surface area (Å²) in [4.78, 5) is 31.1. The molecule has 3 aromatic rings. The number of primary amides is 1. The Labute approximate surface area is 191 Å². The van der Waals surface area contributed by atoms with Gasteiger partial charge in [-0.15, -0.1) is 0 Å². The lowest BCUT2D eigenvalue weighted by Gasteiger charge is -2.33. The van der Waals surface area contributed by atoms with Crippen molar-refractivity contribution < 1.29 is 14.6 Å². The Bertz CT molecular complexity index is 1220. The first-order valence-electron chi connectivity index (χ1n) is 10.7. The van der Waals surface area contributed by atoms with Crippen LogP contribution >= 0.6 is 0 Å². The van der Waals surface area contributed by atoms with Gasteiger partial charge in [0.25, 0.3) is 5.56 Å². The molecule has 9 heteroatoms. The van der Waals surface area contributed by atoms with Crippen molar-refractivity contribution >= 4 is 23.1 Å². The Hall–Kier alpha value is -3.69. The molecule has 1 saturated heterocycles. The van der Waals surface area contributed by atoms with Crippen LogP contribution in [-0.2, 0) is 11.8 Å². The Balaban J connectivity index is 1.60. The van der Waals surface area contributed by atoms with Crippen molar-refractivity contribution in [1.82, 2.24) is 9.55 Å². The zero-order valence-electron chi connectivity index (χ0n) is 18.6. The molecular formula is C24H27N5O4. The van der Waals surface area contributed by atoms with Crippen molar-refractivity contribution in [3.8, 4) is 11.3 Å². The van der Waals surface area contributed by atoms with Crippen LogP contribution in [0.4, 0.5) is 17.2 Å².